The highest BCUT2D eigenvalue weighted by molar-refractivity contribution is 6.16. The van der Waals surface area contributed by atoms with E-state index in [2.05, 4.69) is 9.97 Å². The van der Waals surface area contributed by atoms with Crippen molar-refractivity contribution in [2.45, 2.75) is 12.8 Å². The van der Waals surface area contributed by atoms with Crippen LogP contribution in [0.3, 0.4) is 0 Å². The molecule has 0 unspecified atom stereocenters. The first-order chi connectivity index (χ1) is 8.19. The molecule has 0 saturated carbocycles. The number of hydrogen-bond acceptors (Lipinski definition) is 3. The third kappa shape index (κ3) is 2.91. The molecule has 0 aliphatic heterocycles. The molecule has 0 aliphatic carbocycles. The van der Waals surface area contributed by atoms with E-state index >= 15 is 0 Å². The summed E-state index contributed by atoms with van der Waals surface area (Å²) in [6, 6.07) is 4.63. The van der Waals surface area contributed by atoms with Crippen LogP contribution in [0.4, 0.5) is 4.39 Å². The highest BCUT2D eigenvalue weighted by atomic mass is 35.5. The van der Waals surface area contributed by atoms with Gasteiger partial charge in [0.2, 0.25) is 5.88 Å². The first kappa shape index (κ1) is 11.8. The van der Waals surface area contributed by atoms with Gasteiger partial charge >= 0.3 is 0 Å². The third-order valence-corrected chi connectivity index (χ3v) is 2.46. The number of aromatic nitrogens is 2. The summed E-state index contributed by atoms with van der Waals surface area (Å²) < 4.78 is 18.6. The molecule has 17 heavy (non-hydrogen) atoms. The van der Waals surface area contributed by atoms with Crippen LogP contribution in [-0.2, 0) is 5.88 Å². The fourth-order valence-electron chi connectivity index (χ4n) is 1.22. The van der Waals surface area contributed by atoms with Gasteiger partial charge in [0, 0.05) is 6.07 Å². The van der Waals surface area contributed by atoms with Crippen LogP contribution in [0.5, 0.6) is 11.6 Å². The smallest absolute Gasteiger partial charge is 0.237 e. The lowest BCUT2D eigenvalue weighted by Crippen LogP contribution is -1.93. The Labute approximate surface area is 103 Å². The SMILES string of the molecule is Cc1ccc(Oc2cnc(CCl)cn2)cc1F. The van der Waals surface area contributed by atoms with E-state index in [1.807, 2.05) is 0 Å². The van der Waals surface area contributed by atoms with E-state index in [4.69, 9.17) is 16.3 Å². The molecule has 0 aliphatic rings. The summed E-state index contributed by atoms with van der Waals surface area (Å²) in [5.74, 6) is 0.683. The summed E-state index contributed by atoms with van der Waals surface area (Å²) in [5, 5.41) is 0. The molecule has 1 heterocycles. The van der Waals surface area contributed by atoms with Crippen LogP contribution in [0.1, 0.15) is 11.3 Å². The Balaban J connectivity index is 2.16. The van der Waals surface area contributed by atoms with Crippen LogP contribution < -0.4 is 4.74 Å². The maximum absolute atomic E-state index is 13.3. The van der Waals surface area contributed by atoms with E-state index in [1.54, 1.807) is 19.1 Å². The molecule has 2 rings (SSSR count). The highest BCUT2D eigenvalue weighted by Crippen LogP contribution is 2.21. The van der Waals surface area contributed by atoms with Gasteiger partial charge in [-0.3, -0.25) is 4.98 Å². The molecular formula is C12H10ClFN2O. The minimum Gasteiger partial charge on any atom is -0.437 e. The largest absolute Gasteiger partial charge is 0.437 e. The zero-order chi connectivity index (χ0) is 12.3. The van der Waals surface area contributed by atoms with Crippen LogP contribution in [0.25, 0.3) is 0 Å². The number of rotatable bonds is 3. The molecule has 5 heteroatoms. The van der Waals surface area contributed by atoms with Gasteiger partial charge in [0.1, 0.15) is 11.6 Å². The van der Waals surface area contributed by atoms with Gasteiger partial charge in [0.05, 0.1) is 24.0 Å². The molecule has 0 bridgehead atoms. The Kier molecular flexibility index (Phi) is 3.54. The molecule has 0 atom stereocenters. The zero-order valence-electron chi connectivity index (χ0n) is 9.15. The normalized spacial score (nSPS) is 10.3. The predicted molar refractivity (Wildman–Crippen MR) is 62.8 cm³/mol. The van der Waals surface area contributed by atoms with E-state index in [0.717, 1.165) is 0 Å². The summed E-state index contributed by atoms with van der Waals surface area (Å²) in [6.07, 6.45) is 2.97. The second-order valence-electron chi connectivity index (χ2n) is 3.49. The summed E-state index contributed by atoms with van der Waals surface area (Å²) in [7, 11) is 0. The van der Waals surface area contributed by atoms with Crippen molar-refractivity contribution in [1.82, 2.24) is 9.97 Å². The van der Waals surface area contributed by atoms with Crippen molar-refractivity contribution in [3.63, 3.8) is 0 Å². The average molecular weight is 253 g/mol. The standard InChI is InChI=1S/C12H10ClFN2O/c1-8-2-3-10(4-11(8)14)17-12-7-15-9(5-13)6-16-12/h2-4,6-7H,5H2,1H3. The van der Waals surface area contributed by atoms with E-state index < -0.39 is 0 Å². The van der Waals surface area contributed by atoms with Crippen molar-refractivity contribution >= 4 is 11.6 Å². The van der Waals surface area contributed by atoms with Crippen LogP contribution in [0, 0.1) is 12.7 Å². The molecular weight excluding hydrogens is 243 g/mol. The first-order valence-electron chi connectivity index (χ1n) is 5.00. The van der Waals surface area contributed by atoms with Gasteiger partial charge in [0.15, 0.2) is 0 Å². The van der Waals surface area contributed by atoms with E-state index in [-0.39, 0.29) is 5.82 Å². The lowest BCUT2D eigenvalue weighted by molar-refractivity contribution is 0.454. The fourth-order valence-corrected chi connectivity index (χ4v) is 1.36. The van der Waals surface area contributed by atoms with E-state index in [0.29, 0.717) is 28.8 Å². The van der Waals surface area contributed by atoms with Crippen molar-refractivity contribution in [3.05, 3.63) is 47.7 Å². The number of nitrogens with zero attached hydrogens (tertiary/aromatic N) is 2. The van der Waals surface area contributed by atoms with Crippen molar-refractivity contribution in [2.24, 2.45) is 0 Å². The summed E-state index contributed by atoms with van der Waals surface area (Å²) in [6.45, 7) is 1.69. The molecule has 0 radical (unpaired) electrons. The van der Waals surface area contributed by atoms with Gasteiger partial charge < -0.3 is 4.74 Å². The van der Waals surface area contributed by atoms with Crippen molar-refractivity contribution in [3.8, 4) is 11.6 Å². The second kappa shape index (κ2) is 5.10. The van der Waals surface area contributed by atoms with Gasteiger partial charge in [-0.2, -0.15) is 0 Å². The Hall–Kier alpha value is -1.68. The Morgan fingerprint density at radius 3 is 2.71 bits per heavy atom. The van der Waals surface area contributed by atoms with Gasteiger partial charge in [0.25, 0.3) is 0 Å². The number of hydrogen-bond donors (Lipinski definition) is 0. The van der Waals surface area contributed by atoms with Crippen LogP contribution in [0.15, 0.2) is 30.6 Å². The van der Waals surface area contributed by atoms with Crippen LogP contribution >= 0.6 is 11.6 Å². The van der Waals surface area contributed by atoms with Crippen LogP contribution in [-0.4, -0.2) is 9.97 Å². The first-order valence-corrected chi connectivity index (χ1v) is 5.53. The monoisotopic (exact) mass is 252 g/mol. The summed E-state index contributed by atoms with van der Waals surface area (Å²) in [4.78, 5) is 8.03. The molecule has 2 aromatic rings. The molecule has 88 valence electrons. The second-order valence-corrected chi connectivity index (χ2v) is 3.76. The number of ether oxygens (including phenoxy) is 1. The van der Waals surface area contributed by atoms with Crippen molar-refractivity contribution in [2.75, 3.05) is 0 Å². The van der Waals surface area contributed by atoms with E-state index in [9.17, 15) is 4.39 Å². The van der Waals surface area contributed by atoms with Crippen molar-refractivity contribution in [1.29, 1.82) is 0 Å². The minimum absolute atomic E-state index is 0.298. The van der Waals surface area contributed by atoms with Gasteiger partial charge in [-0.25, -0.2) is 9.37 Å². The number of benzene rings is 1. The highest BCUT2D eigenvalue weighted by Gasteiger charge is 2.03. The maximum atomic E-state index is 13.3. The van der Waals surface area contributed by atoms with E-state index in [1.165, 1.54) is 18.5 Å². The molecule has 0 saturated heterocycles. The Morgan fingerprint density at radius 1 is 1.29 bits per heavy atom. The number of alkyl halides is 1. The molecule has 0 fully saturated rings. The molecule has 3 nitrogen and oxygen atoms in total. The number of aryl methyl sites for hydroxylation is 1. The molecule has 0 amide bonds. The van der Waals surface area contributed by atoms with Gasteiger partial charge in [-0.05, 0) is 18.6 Å². The maximum Gasteiger partial charge on any atom is 0.237 e. The molecule has 0 spiro atoms. The fraction of sp³-hybridized carbons (Fsp3) is 0.167. The molecule has 0 N–H and O–H groups in total. The quantitative estimate of drug-likeness (QED) is 0.785. The number of halogens is 2. The summed E-state index contributed by atoms with van der Waals surface area (Å²) >= 11 is 5.58. The predicted octanol–water partition coefficient (Wildman–Crippen LogP) is 3.46. The van der Waals surface area contributed by atoms with Gasteiger partial charge in [-0.15, -0.1) is 11.6 Å². The average Bonchev–Trinajstić information content (AvgIpc) is 2.35. The lowest BCUT2D eigenvalue weighted by atomic mass is 10.2. The van der Waals surface area contributed by atoms with Gasteiger partial charge in [-0.1, -0.05) is 6.07 Å². The Bertz CT molecular complexity index is 516. The molecule has 1 aromatic carbocycles. The zero-order valence-corrected chi connectivity index (χ0v) is 9.91. The summed E-state index contributed by atoms with van der Waals surface area (Å²) in [5.41, 5.74) is 1.23. The third-order valence-electron chi connectivity index (χ3n) is 2.18. The minimum atomic E-state index is -0.312. The lowest BCUT2D eigenvalue weighted by Gasteiger charge is -2.05. The topological polar surface area (TPSA) is 35.0 Å². The van der Waals surface area contributed by atoms with Crippen LogP contribution in [0.2, 0.25) is 0 Å². The molecule has 1 aromatic heterocycles. The van der Waals surface area contributed by atoms with Crippen molar-refractivity contribution < 1.29 is 9.13 Å². The Morgan fingerprint density at radius 2 is 2.12 bits per heavy atom.